The lowest BCUT2D eigenvalue weighted by atomic mass is 10.2. The Hall–Kier alpha value is -2.00. The first-order chi connectivity index (χ1) is 10.7. The number of amides is 1. The largest absolute Gasteiger partial charge is 0.489 e. The van der Waals surface area contributed by atoms with Gasteiger partial charge in [-0.15, -0.1) is 0 Å². The quantitative estimate of drug-likeness (QED) is 0.776. The topological polar surface area (TPSA) is 38.3 Å². The van der Waals surface area contributed by atoms with Gasteiger partial charge in [-0.05, 0) is 48.4 Å². The van der Waals surface area contributed by atoms with Gasteiger partial charge in [-0.1, -0.05) is 37.1 Å². The van der Waals surface area contributed by atoms with Crippen LogP contribution in [0, 0.1) is 0 Å². The lowest BCUT2D eigenvalue weighted by molar-refractivity contribution is -0.116. The molecule has 0 aromatic heterocycles. The smallest absolute Gasteiger partial charge is 0.224 e. The summed E-state index contributed by atoms with van der Waals surface area (Å²) in [5, 5.41) is 3.59. The molecule has 1 amide bonds. The second-order valence-corrected chi connectivity index (χ2v) is 5.53. The van der Waals surface area contributed by atoms with Gasteiger partial charge in [0.25, 0.3) is 0 Å². The molecule has 0 saturated heterocycles. The van der Waals surface area contributed by atoms with Gasteiger partial charge in [0.05, 0.1) is 0 Å². The average Bonchev–Trinajstić information content (AvgIpc) is 2.54. The maximum Gasteiger partial charge on any atom is 0.224 e. The highest BCUT2D eigenvalue weighted by molar-refractivity contribution is 6.30. The number of unbranched alkanes of at least 4 members (excludes halogenated alkanes) is 1. The van der Waals surface area contributed by atoms with Crippen LogP contribution in [0.1, 0.15) is 31.7 Å². The van der Waals surface area contributed by atoms with Crippen molar-refractivity contribution in [1.82, 2.24) is 0 Å². The normalized spacial score (nSPS) is 10.3. The Labute approximate surface area is 136 Å². The van der Waals surface area contributed by atoms with Crippen LogP contribution in [0.3, 0.4) is 0 Å². The highest BCUT2D eigenvalue weighted by Crippen LogP contribution is 2.18. The van der Waals surface area contributed by atoms with Crippen molar-refractivity contribution in [3.63, 3.8) is 0 Å². The second-order valence-electron chi connectivity index (χ2n) is 5.09. The van der Waals surface area contributed by atoms with Crippen LogP contribution in [0.2, 0.25) is 5.02 Å². The van der Waals surface area contributed by atoms with E-state index >= 15 is 0 Å². The summed E-state index contributed by atoms with van der Waals surface area (Å²) in [6.45, 7) is 2.56. The number of benzene rings is 2. The minimum absolute atomic E-state index is 0.0525. The third-order valence-electron chi connectivity index (χ3n) is 3.21. The van der Waals surface area contributed by atoms with Crippen molar-refractivity contribution in [3.8, 4) is 5.75 Å². The third kappa shape index (κ3) is 5.41. The first-order valence-corrected chi connectivity index (χ1v) is 7.82. The molecule has 0 fully saturated rings. The number of hydrogen-bond donors (Lipinski definition) is 1. The summed E-state index contributed by atoms with van der Waals surface area (Å²) in [6.07, 6.45) is 2.49. The molecule has 4 heteroatoms. The lowest BCUT2D eigenvalue weighted by Gasteiger charge is -2.08. The molecular weight excluding hydrogens is 298 g/mol. The molecule has 0 aliphatic rings. The number of carbonyl (C=O) groups excluding carboxylic acids is 1. The summed E-state index contributed by atoms with van der Waals surface area (Å²) in [4.78, 5) is 11.6. The average molecular weight is 318 g/mol. The van der Waals surface area contributed by atoms with E-state index in [1.165, 1.54) is 0 Å². The number of carbonyl (C=O) groups is 1. The monoisotopic (exact) mass is 317 g/mol. The van der Waals surface area contributed by atoms with E-state index in [0.29, 0.717) is 18.1 Å². The van der Waals surface area contributed by atoms with Crippen molar-refractivity contribution in [2.45, 2.75) is 32.8 Å². The Kier molecular flexibility index (Phi) is 6.28. The maximum absolute atomic E-state index is 11.6. The van der Waals surface area contributed by atoms with Crippen molar-refractivity contribution < 1.29 is 9.53 Å². The van der Waals surface area contributed by atoms with E-state index < -0.39 is 0 Å². The molecule has 0 saturated carbocycles. The minimum atomic E-state index is 0.0525. The number of halogens is 1. The summed E-state index contributed by atoms with van der Waals surface area (Å²) in [6, 6.07) is 15.0. The van der Waals surface area contributed by atoms with Gasteiger partial charge in [0.15, 0.2) is 0 Å². The van der Waals surface area contributed by atoms with Crippen LogP contribution in [0.25, 0.3) is 0 Å². The molecule has 116 valence electrons. The number of nitrogens with one attached hydrogen (secondary N) is 1. The van der Waals surface area contributed by atoms with E-state index in [2.05, 4.69) is 12.2 Å². The van der Waals surface area contributed by atoms with E-state index in [4.69, 9.17) is 16.3 Å². The fraction of sp³-hybridized carbons (Fsp3) is 0.278. The van der Waals surface area contributed by atoms with Gasteiger partial charge in [0, 0.05) is 17.1 Å². The van der Waals surface area contributed by atoms with Crippen LogP contribution in [0.15, 0.2) is 48.5 Å². The molecule has 0 unspecified atom stereocenters. The number of ether oxygens (including phenoxy) is 1. The van der Waals surface area contributed by atoms with E-state index in [9.17, 15) is 4.79 Å². The summed E-state index contributed by atoms with van der Waals surface area (Å²) < 4.78 is 5.70. The fourth-order valence-electron chi connectivity index (χ4n) is 1.94. The third-order valence-corrected chi connectivity index (χ3v) is 3.47. The number of anilines is 1. The molecule has 0 spiro atoms. The summed E-state index contributed by atoms with van der Waals surface area (Å²) in [5.74, 6) is 0.818. The Bertz CT molecular complexity index is 593. The maximum atomic E-state index is 11.6. The second kappa shape index (κ2) is 8.44. The lowest BCUT2D eigenvalue weighted by Crippen LogP contribution is -2.10. The minimum Gasteiger partial charge on any atom is -0.489 e. The zero-order valence-corrected chi connectivity index (χ0v) is 13.4. The number of rotatable bonds is 7. The Balaban J connectivity index is 1.83. The molecule has 0 aliphatic heterocycles. The van der Waals surface area contributed by atoms with Gasteiger partial charge in [-0.25, -0.2) is 0 Å². The molecule has 0 bridgehead atoms. The fourth-order valence-corrected chi connectivity index (χ4v) is 2.07. The molecule has 0 aliphatic carbocycles. The first kappa shape index (κ1) is 16.4. The molecule has 22 heavy (non-hydrogen) atoms. The molecule has 1 N–H and O–H groups in total. The van der Waals surface area contributed by atoms with Crippen LogP contribution in [0.4, 0.5) is 5.69 Å². The van der Waals surface area contributed by atoms with Gasteiger partial charge in [-0.3, -0.25) is 4.79 Å². The molecular formula is C18H20ClNO2. The van der Waals surface area contributed by atoms with Gasteiger partial charge in [0.1, 0.15) is 12.4 Å². The van der Waals surface area contributed by atoms with Gasteiger partial charge >= 0.3 is 0 Å². The standard InChI is InChI=1S/C18H20ClNO2/c1-2-3-4-18(21)20-16-9-11-17(12-10-16)22-13-14-5-7-15(19)8-6-14/h5-12H,2-4,13H2,1H3,(H,20,21). The molecule has 0 heterocycles. The van der Waals surface area contributed by atoms with Crippen molar-refractivity contribution >= 4 is 23.2 Å². The Morgan fingerprint density at radius 2 is 1.77 bits per heavy atom. The molecule has 0 atom stereocenters. The Morgan fingerprint density at radius 3 is 2.41 bits per heavy atom. The van der Waals surface area contributed by atoms with Crippen molar-refractivity contribution in [2.24, 2.45) is 0 Å². The van der Waals surface area contributed by atoms with E-state index in [0.717, 1.165) is 29.8 Å². The van der Waals surface area contributed by atoms with E-state index in [1.54, 1.807) is 0 Å². The Morgan fingerprint density at radius 1 is 1.09 bits per heavy atom. The summed E-state index contributed by atoms with van der Waals surface area (Å²) >= 11 is 5.84. The molecule has 2 aromatic carbocycles. The zero-order valence-electron chi connectivity index (χ0n) is 12.6. The highest BCUT2D eigenvalue weighted by atomic mass is 35.5. The molecule has 0 radical (unpaired) electrons. The zero-order chi connectivity index (χ0) is 15.8. The van der Waals surface area contributed by atoms with Crippen LogP contribution < -0.4 is 10.1 Å². The highest BCUT2D eigenvalue weighted by Gasteiger charge is 2.02. The summed E-state index contributed by atoms with van der Waals surface area (Å²) in [7, 11) is 0. The van der Waals surface area contributed by atoms with Crippen LogP contribution in [-0.4, -0.2) is 5.91 Å². The van der Waals surface area contributed by atoms with Gasteiger partial charge < -0.3 is 10.1 Å². The molecule has 2 rings (SSSR count). The van der Waals surface area contributed by atoms with Crippen LogP contribution >= 0.6 is 11.6 Å². The van der Waals surface area contributed by atoms with E-state index in [1.807, 2.05) is 48.5 Å². The van der Waals surface area contributed by atoms with Gasteiger partial charge in [-0.2, -0.15) is 0 Å². The SMILES string of the molecule is CCCCC(=O)Nc1ccc(OCc2ccc(Cl)cc2)cc1. The predicted octanol–water partition coefficient (Wildman–Crippen LogP) is 5.05. The van der Waals surface area contributed by atoms with Crippen molar-refractivity contribution in [1.29, 1.82) is 0 Å². The van der Waals surface area contributed by atoms with Crippen LogP contribution in [0.5, 0.6) is 5.75 Å². The van der Waals surface area contributed by atoms with Crippen LogP contribution in [-0.2, 0) is 11.4 Å². The van der Waals surface area contributed by atoms with Gasteiger partial charge in [0.2, 0.25) is 5.91 Å². The molecule has 2 aromatic rings. The summed E-state index contributed by atoms with van der Waals surface area (Å²) in [5.41, 5.74) is 1.85. The van der Waals surface area contributed by atoms with Crippen molar-refractivity contribution in [3.05, 3.63) is 59.1 Å². The molecule has 3 nitrogen and oxygen atoms in total. The number of hydrogen-bond acceptors (Lipinski definition) is 2. The predicted molar refractivity (Wildman–Crippen MR) is 90.4 cm³/mol. The first-order valence-electron chi connectivity index (χ1n) is 7.44. The van der Waals surface area contributed by atoms with E-state index in [-0.39, 0.29) is 5.91 Å². The van der Waals surface area contributed by atoms with Crippen molar-refractivity contribution in [2.75, 3.05) is 5.32 Å².